The number of aromatic hydroxyl groups is 1. The van der Waals surface area contributed by atoms with Gasteiger partial charge in [0.1, 0.15) is 5.75 Å². The van der Waals surface area contributed by atoms with E-state index < -0.39 is 0 Å². The van der Waals surface area contributed by atoms with Crippen LogP contribution in [0.1, 0.15) is 42.9 Å². The van der Waals surface area contributed by atoms with Gasteiger partial charge in [0.05, 0.1) is 30.5 Å². The van der Waals surface area contributed by atoms with Crippen molar-refractivity contribution in [3.63, 3.8) is 0 Å². The second kappa shape index (κ2) is 8.34. The Bertz CT molecular complexity index is 1040. The highest BCUT2D eigenvalue weighted by molar-refractivity contribution is 5.73. The Morgan fingerprint density at radius 3 is 2.78 bits per heavy atom. The van der Waals surface area contributed by atoms with Gasteiger partial charge >= 0.3 is 0 Å². The van der Waals surface area contributed by atoms with Crippen LogP contribution in [0.15, 0.2) is 18.2 Å². The number of likely N-dealkylation sites (tertiary alicyclic amines) is 1. The van der Waals surface area contributed by atoms with Gasteiger partial charge in [-0.2, -0.15) is 5.26 Å². The van der Waals surface area contributed by atoms with Gasteiger partial charge < -0.3 is 19.6 Å². The maximum absolute atomic E-state index is 10.5. The van der Waals surface area contributed by atoms with E-state index in [1.807, 2.05) is 6.92 Å². The summed E-state index contributed by atoms with van der Waals surface area (Å²) in [5.41, 5.74) is 4.12. The molecule has 168 valence electrons. The van der Waals surface area contributed by atoms with Crippen LogP contribution < -0.4 is 4.90 Å². The number of nitrogens with zero attached hydrogens (tertiary/aromatic N) is 5. The first kappa shape index (κ1) is 21.2. The lowest BCUT2D eigenvalue weighted by Crippen LogP contribution is -2.55. The van der Waals surface area contributed by atoms with Crippen molar-refractivity contribution in [1.82, 2.24) is 15.1 Å². The Labute approximate surface area is 189 Å². The van der Waals surface area contributed by atoms with E-state index in [1.165, 1.54) is 24.5 Å². The molecule has 0 unspecified atom stereocenters. The molecule has 2 saturated heterocycles. The number of benzene rings is 1. The number of phenols is 1. The zero-order valence-electron chi connectivity index (χ0n) is 19.0. The molecule has 3 aliphatic heterocycles. The van der Waals surface area contributed by atoms with Crippen molar-refractivity contribution in [2.75, 3.05) is 44.3 Å². The van der Waals surface area contributed by atoms with E-state index >= 15 is 0 Å². The Morgan fingerprint density at radius 1 is 1.22 bits per heavy atom. The van der Waals surface area contributed by atoms with E-state index in [4.69, 9.17) is 10.00 Å². The molecule has 0 amide bonds. The van der Waals surface area contributed by atoms with Gasteiger partial charge in [0.15, 0.2) is 5.82 Å². The van der Waals surface area contributed by atoms with Crippen molar-refractivity contribution in [3.8, 4) is 23.1 Å². The van der Waals surface area contributed by atoms with Gasteiger partial charge in [0, 0.05) is 36.7 Å². The molecule has 7 heteroatoms. The van der Waals surface area contributed by atoms with Crippen LogP contribution in [0.4, 0.5) is 5.82 Å². The molecule has 2 aromatic rings. The summed E-state index contributed by atoms with van der Waals surface area (Å²) in [5, 5.41) is 28.9. The average Bonchev–Trinajstić information content (AvgIpc) is 2.77. The zero-order valence-corrected chi connectivity index (χ0v) is 19.0. The molecule has 32 heavy (non-hydrogen) atoms. The highest BCUT2D eigenvalue weighted by Gasteiger charge is 2.37. The number of aryl methyl sites for hydroxylation is 2. The Balaban J connectivity index is 1.38. The Hall–Kier alpha value is -2.69. The maximum Gasteiger partial charge on any atom is 0.154 e. The standard InChI is InChI=1S/C25H31N5O2/c1-17-9-18(12-26)10-22(31)23(17)21-11-19-5-3-8-30(24(19)28-27-21)20-6-4-7-29(13-20)14-25(2)15-32-16-25/h9-11,20,31H,3-8,13-16H2,1-2H3/t20-/m1/s1. The largest absolute Gasteiger partial charge is 0.507 e. The van der Waals surface area contributed by atoms with Crippen LogP contribution in [0.5, 0.6) is 5.75 Å². The minimum Gasteiger partial charge on any atom is -0.507 e. The lowest BCUT2D eigenvalue weighted by molar-refractivity contribution is -0.117. The second-order valence-electron chi connectivity index (χ2n) is 10.0. The molecule has 5 rings (SSSR count). The number of anilines is 1. The predicted octanol–water partition coefficient (Wildman–Crippen LogP) is 3.28. The highest BCUT2D eigenvalue weighted by Crippen LogP contribution is 2.36. The first-order valence-electron chi connectivity index (χ1n) is 11.6. The second-order valence-corrected chi connectivity index (χ2v) is 10.0. The van der Waals surface area contributed by atoms with Crippen LogP contribution in [-0.4, -0.2) is 65.6 Å². The smallest absolute Gasteiger partial charge is 0.154 e. The normalized spacial score (nSPS) is 22.7. The van der Waals surface area contributed by atoms with Crippen LogP contribution in [0, 0.1) is 23.7 Å². The van der Waals surface area contributed by atoms with E-state index in [1.54, 1.807) is 6.07 Å². The number of ether oxygens (including phenoxy) is 1. The van der Waals surface area contributed by atoms with Gasteiger partial charge in [0.25, 0.3) is 0 Å². The van der Waals surface area contributed by atoms with Crippen molar-refractivity contribution < 1.29 is 9.84 Å². The third-order valence-electron chi connectivity index (χ3n) is 7.10. The van der Waals surface area contributed by atoms with Crippen LogP contribution >= 0.6 is 0 Å². The first-order chi connectivity index (χ1) is 15.5. The van der Waals surface area contributed by atoms with Crippen LogP contribution in [0.25, 0.3) is 11.3 Å². The number of hydrogen-bond acceptors (Lipinski definition) is 7. The molecule has 0 bridgehead atoms. The Kier molecular flexibility index (Phi) is 5.52. The quantitative estimate of drug-likeness (QED) is 0.792. The van der Waals surface area contributed by atoms with Gasteiger partial charge in [-0.05, 0) is 68.5 Å². The minimum atomic E-state index is 0.0832. The molecule has 0 radical (unpaired) electrons. The number of fused-ring (bicyclic) bond motifs is 1. The molecule has 0 spiro atoms. The molecule has 1 N–H and O–H groups in total. The molecule has 7 nitrogen and oxygen atoms in total. The SMILES string of the molecule is Cc1cc(C#N)cc(O)c1-c1cc2c(nn1)N([C@@H]1CCCN(CC3(C)COC3)C1)CCC2. The van der Waals surface area contributed by atoms with Gasteiger partial charge in [-0.1, -0.05) is 6.92 Å². The Morgan fingerprint density at radius 2 is 2.06 bits per heavy atom. The van der Waals surface area contributed by atoms with Gasteiger partial charge in [-0.3, -0.25) is 0 Å². The van der Waals surface area contributed by atoms with Crippen LogP contribution in [0.2, 0.25) is 0 Å². The van der Waals surface area contributed by atoms with Crippen LogP contribution in [0.3, 0.4) is 0 Å². The molecular weight excluding hydrogens is 402 g/mol. The molecule has 0 aliphatic carbocycles. The summed E-state index contributed by atoms with van der Waals surface area (Å²) in [4.78, 5) is 5.07. The summed E-state index contributed by atoms with van der Waals surface area (Å²) in [7, 11) is 0. The molecule has 0 saturated carbocycles. The van der Waals surface area contributed by atoms with Crippen molar-refractivity contribution >= 4 is 5.82 Å². The summed E-state index contributed by atoms with van der Waals surface area (Å²) >= 11 is 0. The van der Waals surface area contributed by atoms with Gasteiger partial charge in [-0.15, -0.1) is 10.2 Å². The number of piperidine rings is 1. The third-order valence-corrected chi connectivity index (χ3v) is 7.10. The summed E-state index contributed by atoms with van der Waals surface area (Å²) < 4.78 is 5.46. The number of rotatable bonds is 4. The minimum absolute atomic E-state index is 0.0832. The van der Waals surface area contributed by atoms with E-state index in [0.29, 0.717) is 28.3 Å². The van der Waals surface area contributed by atoms with E-state index in [-0.39, 0.29) is 5.75 Å². The zero-order chi connectivity index (χ0) is 22.3. The molecule has 4 heterocycles. The fourth-order valence-electron chi connectivity index (χ4n) is 5.55. The number of phenolic OH excluding ortho intramolecular Hbond substituents is 1. The van der Waals surface area contributed by atoms with E-state index in [2.05, 4.69) is 39.1 Å². The number of aromatic nitrogens is 2. The van der Waals surface area contributed by atoms with Crippen molar-refractivity contribution in [1.29, 1.82) is 5.26 Å². The monoisotopic (exact) mass is 433 g/mol. The van der Waals surface area contributed by atoms with E-state index in [9.17, 15) is 5.11 Å². The fourth-order valence-corrected chi connectivity index (χ4v) is 5.55. The number of nitriles is 1. The molecule has 1 aromatic heterocycles. The van der Waals surface area contributed by atoms with Crippen molar-refractivity contribution in [2.45, 2.75) is 45.6 Å². The van der Waals surface area contributed by atoms with Crippen LogP contribution in [-0.2, 0) is 11.2 Å². The van der Waals surface area contributed by atoms with E-state index in [0.717, 1.165) is 63.6 Å². The van der Waals surface area contributed by atoms with Gasteiger partial charge in [0.2, 0.25) is 0 Å². The lowest BCUT2D eigenvalue weighted by Gasteiger charge is -2.46. The molecule has 3 aliphatic rings. The molecule has 2 fully saturated rings. The van der Waals surface area contributed by atoms with Crippen molar-refractivity contribution in [3.05, 3.63) is 34.9 Å². The average molecular weight is 434 g/mol. The third kappa shape index (κ3) is 3.94. The number of hydrogen-bond donors (Lipinski definition) is 1. The summed E-state index contributed by atoms with van der Waals surface area (Å²) in [6.07, 6.45) is 4.45. The molecule has 1 aromatic carbocycles. The summed E-state index contributed by atoms with van der Waals surface area (Å²) in [6, 6.07) is 7.91. The summed E-state index contributed by atoms with van der Waals surface area (Å²) in [5.74, 6) is 1.08. The fraction of sp³-hybridized carbons (Fsp3) is 0.560. The topological polar surface area (TPSA) is 85.5 Å². The highest BCUT2D eigenvalue weighted by atomic mass is 16.5. The molecule has 1 atom stereocenters. The predicted molar refractivity (Wildman–Crippen MR) is 123 cm³/mol. The lowest BCUT2D eigenvalue weighted by atomic mass is 9.87. The summed E-state index contributed by atoms with van der Waals surface area (Å²) in [6.45, 7) is 10.3. The first-order valence-corrected chi connectivity index (χ1v) is 11.6. The van der Waals surface area contributed by atoms with Gasteiger partial charge in [-0.25, -0.2) is 0 Å². The van der Waals surface area contributed by atoms with Crippen molar-refractivity contribution in [2.24, 2.45) is 5.41 Å². The maximum atomic E-state index is 10.5. The molecular formula is C25H31N5O2.